The first kappa shape index (κ1) is 17.6. The Balaban J connectivity index is 2.56. The molecule has 0 saturated heterocycles. The second-order valence-electron chi connectivity index (χ2n) is 5.81. The zero-order chi connectivity index (χ0) is 16.8. The largest absolute Gasteiger partial charge is 0.347 e. The Morgan fingerprint density at radius 2 is 1.64 bits per heavy atom. The number of nitrogens with one attached hydrogen (secondary N) is 3. The van der Waals surface area contributed by atoms with Crippen molar-refractivity contribution in [2.24, 2.45) is 5.73 Å². The van der Waals surface area contributed by atoms with Gasteiger partial charge in [-0.25, -0.2) is 0 Å². The molecule has 1 aromatic carbocycles. The van der Waals surface area contributed by atoms with Crippen molar-refractivity contribution < 1.29 is 14.4 Å². The number of hydrogen-bond acceptors (Lipinski definition) is 4. The lowest BCUT2D eigenvalue weighted by Gasteiger charge is -2.20. The molecule has 0 fully saturated rings. The van der Waals surface area contributed by atoms with Crippen molar-refractivity contribution >= 4 is 23.4 Å². The fourth-order valence-corrected chi connectivity index (χ4v) is 1.57. The van der Waals surface area contributed by atoms with Crippen LogP contribution in [0.25, 0.3) is 0 Å². The maximum absolute atomic E-state index is 11.9. The summed E-state index contributed by atoms with van der Waals surface area (Å²) in [6, 6.07) is 6.49. The number of carbonyl (C=O) groups excluding carboxylic acids is 3. The van der Waals surface area contributed by atoms with Gasteiger partial charge in [-0.05, 0) is 45.0 Å². The second kappa shape index (κ2) is 7.56. The first-order valence-electron chi connectivity index (χ1n) is 6.90. The molecule has 0 unspecified atom stereocenters. The number of benzene rings is 1. The first-order chi connectivity index (χ1) is 10.2. The SMILES string of the molecule is CC(C)(C)NC(=O)c1ccc(NC(=O)CNC(=O)CN)cc1. The Morgan fingerprint density at radius 1 is 1.05 bits per heavy atom. The fourth-order valence-electron chi connectivity index (χ4n) is 1.57. The summed E-state index contributed by atoms with van der Waals surface area (Å²) in [6.07, 6.45) is 0. The molecule has 5 N–H and O–H groups in total. The third-order valence-corrected chi connectivity index (χ3v) is 2.55. The molecular formula is C15H22N4O3. The second-order valence-corrected chi connectivity index (χ2v) is 5.81. The molecule has 22 heavy (non-hydrogen) atoms. The van der Waals surface area contributed by atoms with Gasteiger partial charge in [0.15, 0.2) is 0 Å². The molecule has 3 amide bonds. The highest BCUT2D eigenvalue weighted by Crippen LogP contribution is 2.10. The lowest BCUT2D eigenvalue weighted by atomic mass is 10.1. The predicted octanol–water partition coefficient (Wildman–Crippen LogP) is 0.228. The molecule has 0 aliphatic heterocycles. The Bertz CT molecular complexity index is 547. The van der Waals surface area contributed by atoms with Crippen molar-refractivity contribution in [2.45, 2.75) is 26.3 Å². The zero-order valence-corrected chi connectivity index (χ0v) is 13.0. The standard InChI is InChI=1S/C15H22N4O3/c1-15(2,3)19-14(22)10-4-6-11(7-5-10)18-13(21)9-17-12(20)8-16/h4-7H,8-9,16H2,1-3H3,(H,17,20)(H,18,21)(H,19,22). The van der Waals surface area contributed by atoms with Crippen LogP contribution in [0.3, 0.4) is 0 Å². The fraction of sp³-hybridized carbons (Fsp3) is 0.400. The molecule has 0 aliphatic rings. The van der Waals surface area contributed by atoms with E-state index in [1.165, 1.54) is 0 Å². The van der Waals surface area contributed by atoms with Crippen LogP contribution in [-0.2, 0) is 9.59 Å². The van der Waals surface area contributed by atoms with E-state index in [2.05, 4.69) is 16.0 Å². The molecule has 1 aromatic rings. The van der Waals surface area contributed by atoms with Crippen LogP contribution in [0, 0.1) is 0 Å². The van der Waals surface area contributed by atoms with E-state index in [-0.39, 0.29) is 30.4 Å². The van der Waals surface area contributed by atoms with Crippen LogP contribution in [0.15, 0.2) is 24.3 Å². The number of rotatable bonds is 5. The molecule has 0 radical (unpaired) electrons. The lowest BCUT2D eigenvalue weighted by molar-refractivity contribution is -0.123. The van der Waals surface area contributed by atoms with Crippen LogP contribution in [0.5, 0.6) is 0 Å². The maximum Gasteiger partial charge on any atom is 0.251 e. The van der Waals surface area contributed by atoms with Gasteiger partial charge in [0.2, 0.25) is 11.8 Å². The molecule has 1 rings (SSSR count). The van der Waals surface area contributed by atoms with Gasteiger partial charge in [0.1, 0.15) is 0 Å². The molecule has 0 spiro atoms. The monoisotopic (exact) mass is 306 g/mol. The zero-order valence-electron chi connectivity index (χ0n) is 13.0. The highest BCUT2D eigenvalue weighted by atomic mass is 16.2. The lowest BCUT2D eigenvalue weighted by Crippen LogP contribution is -2.40. The van der Waals surface area contributed by atoms with Crippen molar-refractivity contribution in [3.8, 4) is 0 Å². The maximum atomic E-state index is 11.9. The third kappa shape index (κ3) is 6.36. The molecule has 0 heterocycles. The van der Waals surface area contributed by atoms with Crippen LogP contribution >= 0.6 is 0 Å². The van der Waals surface area contributed by atoms with Gasteiger partial charge in [0.25, 0.3) is 5.91 Å². The van der Waals surface area contributed by atoms with Crippen LogP contribution < -0.4 is 21.7 Å². The molecule has 0 bridgehead atoms. The number of amides is 3. The van der Waals surface area contributed by atoms with Gasteiger partial charge in [0, 0.05) is 16.8 Å². The molecule has 7 nitrogen and oxygen atoms in total. The number of carbonyl (C=O) groups is 3. The summed E-state index contributed by atoms with van der Waals surface area (Å²) in [4.78, 5) is 34.5. The van der Waals surface area contributed by atoms with Crippen molar-refractivity contribution in [2.75, 3.05) is 18.4 Å². The van der Waals surface area contributed by atoms with Crippen LogP contribution in [-0.4, -0.2) is 36.3 Å². The van der Waals surface area contributed by atoms with Crippen LogP contribution in [0.4, 0.5) is 5.69 Å². The highest BCUT2D eigenvalue weighted by Gasteiger charge is 2.15. The molecular weight excluding hydrogens is 284 g/mol. The predicted molar refractivity (Wildman–Crippen MR) is 84.4 cm³/mol. The van der Waals surface area contributed by atoms with Crippen LogP contribution in [0.2, 0.25) is 0 Å². The normalized spacial score (nSPS) is 10.7. The summed E-state index contributed by atoms with van der Waals surface area (Å²) in [5.74, 6) is -0.946. The number of hydrogen-bond donors (Lipinski definition) is 4. The van der Waals surface area contributed by atoms with E-state index in [1.807, 2.05) is 20.8 Å². The highest BCUT2D eigenvalue weighted by molar-refractivity contribution is 5.97. The Hall–Kier alpha value is -2.41. The molecule has 0 aliphatic carbocycles. The van der Waals surface area contributed by atoms with Crippen molar-refractivity contribution in [1.82, 2.24) is 10.6 Å². The Kier molecular flexibility index (Phi) is 6.06. The quantitative estimate of drug-likeness (QED) is 0.623. The summed E-state index contributed by atoms with van der Waals surface area (Å²) in [7, 11) is 0. The van der Waals surface area contributed by atoms with Gasteiger partial charge in [-0.1, -0.05) is 0 Å². The average molecular weight is 306 g/mol. The topological polar surface area (TPSA) is 113 Å². The smallest absolute Gasteiger partial charge is 0.251 e. The molecule has 0 saturated carbocycles. The average Bonchev–Trinajstić information content (AvgIpc) is 2.43. The molecule has 7 heteroatoms. The molecule has 120 valence electrons. The molecule has 0 aromatic heterocycles. The summed E-state index contributed by atoms with van der Waals surface area (Å²) in [5, 5.41) is 7.83. The Morgan fingerprint density at radius 3 is 2.14 bits per heavy atom. The van der Waals surface area contributed by atoms with E-state index in [4.69, 9.17) is 5.73 Å². The van der Waals surface area contributed by atoms with Crippen LogP contribution in [0.1, 0.15) is 31.1 Å². The van der Waals surface area contributed by atoms with Crippen molar-refractivity contribution in [3.05, 3.63) is 29.8 Å². The summed E-state index contributed by atoms with van der Waals surface area (Å²) in [5.41, 5.74) is 5.85. The summed E-state index contributed by atoms with van der Waals surface area (Å²) in [6.45, 7) is 5.38. The minimum absolute atomic E-state index is 0.151. The van der Waals surface area contributed by atoms with E-state index in [0.29, 0.717) is 11.3 Å². The summed E-state index contributed by atoms with van der Waals surface area (Å²) >= 11 is 0. The minimum atomic E-state index is -0.399. The van der Waals surface area contributed by atoms with E-state index < -0.39 is 5.91 Å². The van der Waals surface area contributed by atoms with Crippen molar-refractivity contribution in [3.63, 3.8) is 0 Å². The molecule has 0 atom stereocenters. The van der Waals surface area contributed by atoms with Gasteiger partial charge in [-0.2, -0.15) is 0 Å². The first-order valence-corrected chi connectivity index (χ1v) is 6.90. The van der Waals surface area contributed by atoms with Gasteiger partial charge >= 0.3 is 0 Å². The number of nitrogens with two attached hydrogens (primary N) is 1. The summed E-state index contributed by atoms with van der Waals surface area (Å²) < 4.78 is 0. The van der Waals surface area contributed by atoms with Gasteiger partial charge in [-0.3, -0.25) is 14.4 Å². The van der Waals surface area contributed by atoms with Gasteiger partial charge < -0.3 is 21.7 Å². The number of anilines is 1. The Labute approximate surface area is 129 Å². The van der Waals surface area contributed by atoms with Gasteiger partial charge in [-0.15, -0.1) is 0 Å². The van der Waals surface area contributed by atoms with E-state index in [1.54, 1.807) is 24.3 Å². The van der Waals surface area contributed by atoms with E-state index >= 15 is 0 Å². The van der Waals surface area contributed by atoms with Gasteiger partial charge in [0.05, 0.1) is 13.1 Å². The third-order valence-electron chi connectivity index (χ3n) is 2.55. The van der Waals surface area contributed by atoms with E-state index in [9.17, 15) is 14.4 Å². The van der Waals surface area contributed by atoms with Crippen molar-refractivity contribution in [1.29, 1.82) is 0 Å². The minimum Gasteiger partial charge on any atom is -0.347 e. The van der Waals surface area contributed by atoms with E-state index in [0.717, 1.165) is 0 Å².